The number of carbonyl (C=O) groups excluding carboxylic acids is 1. The molecule has 0 aliphatic rings. The Hall–Kier alpha value is -1.26. The molecule has 1 unspecified atom stereocenters. The van der Waals surface area contributed by atoms with Crippen LogP contribution in [0.15, 0.2) is 18.2 Å². The summed E-state index contributed by atoms with van der Waals surface area (Å²) in [4.78, 5) is 10.7. The van der Waals surface area contributed by atoms with E-state index >= 15 is 0 Å². The van der Waals surface area contributed by atoms with Gasteiger partial charge >= 0.3 is 0 Å². The van der Waals surface area contributed by atoms with Crippen molar-refractivity contribution in [1.82, 2.24) is 0 Å². The molecule has 0 aromatic heterocycles. The molecule has 0 fully saturated rings. The van der Waals surface area contributed by atoms with Crippen LogP contribution in [0.3, 0.4) is 0 Å². The molecular weight excluding hydrogens is 216 g/mol. The van der Waals surface area contributed by atoms with Gasteiger partial charge in [0.05, 0.1) is 0 Å². The van der Waals surface area contributed by atoms with Gasteiger partial charge in [0.2, 0.25) is 5.91 Å². The zero-order valence-electron chi connectivity index (χ0n) is 8.37. The fourth-order valence-corrected chi connectivity index (χ4v) is 1.26. The predicted octanol–water partition coefficient (Wildman–Crippen LogP) is 0.840. The third-order valence-electron chi connectivity index (χ3n) is 1.92. The minimum absolute atomic E-state index is 0.0673. The predicted molar refractivity (Wildman–Crippen MR) is 58.9 cm³/mol. The number of carbonyl (C=O) groups is 1. The molecule has 1 atom stereocenters. The summed E-state index contributed by atoms with van der Waals surface area (Å²) in [5, 5.41) is 0.638. The molecule has 0 saturated carbocycles. The van der Waals surface area contributed by atoms with E-state index in [0.717, 1.165) is 5.56 Å². The fourth-order valence-electron chi connectivity index (χ4n) is 1.04. The Bertz CT molecular complexity index is 368. The van der Waals surface area contributed by atoms with E-state index in [1.54, 1.807) is 18.2 Å². The summed E-state index contributed by atoms with van der Waals surface area (Å²) in [5.74, 6) is 0.0673. The maximum Gasteiger partial charge on any atom is 0.237 e. The molecule has 1 aromatic rings. The standard InChI is InChI=1S/C10H13ClN2O2/c1-6-4-7(11)2-3-9(6)15-5-8(12)10(13)14/h2-4,8H,5,12H2,1H3,(H2,13,14). The molecule has 1 amide bonds. The van der Waals surface area contributed by atoms with Crippen molar-refractivity contribution in [1.29, 1.82) is 0 Å². The largest absolute Gasteiger partial charge is 0.491 e. The molecule has 4 nitrogen and oxygen atoms in total. The fraction of sp³-hybridized carbons (Fsp3) is 0.300. The van der Waals surface area contributed by atoms with Crippen LogP contribution in [0.4, 0.5) is 0 Å². The van der Waals surface area contributed by atoms with Gasteiger partial charge in [0.15, 0.2) is 0 Å². The van der Waals surface area contributed by atoms with Crippen LogP contribution in [-0.4, -0.2) is 18.6 Å². The lowest BCUT2D eigenvalue weighted by Gasteiger charge is -2.12. The van der Waals surface area contributed by atoms with Crippen LogP contribution in [0, 0.1) is 6.92 Å². The average molecular weight is 229 g/mol. The molecule has 15 heavy (non-hydrogen) atoms. The summed E-state index contributed by atoms with van der Waals surface area (Å²) in [7, 11) is 0. The second-order valence-electron chi connectivity index (χ2n) is 3.23. The van der Waals surface area contributed by atoms with E-state index in [4.69, 9.17) is 27.8 Å². The number of ether oxygens (including phenoxy) is 1. The van der Waals surface area contributed by atoms with Gasteiger partial charge in [0, 0.05) is 5.02 Å². The van der Waals surface area contributed by atoms with E-state index in [1.807, 2.05) is 6.92 Å². The van der Waals surface area contributed by atoms with Crippen LogP contribution in [0.2, 0.25) is 5.02 Å². The molecule has 0 heterocycles. The van der Waals surface area contributed by atoms with Crippen molar-refractivity contribution < 1.29 is 9.53 Å². The van der Waals surface area contributed by atoms with Gasteiger partial charge in [-0.05, 0) is 30.7 Å². The normalized spacial score (nSPS) is 12.2. The van der Waals surface area contributed by atoms with Crippen molar-refractivity contribution in [2.24, 2.45) is 11.5 Å². The minimum atomic E-state index is -0.792. The lowest BCUT2D eigenvalue weighted by molar-refractivity contribution is -0.119. The van der Waals surface area contributed by atoms with E-state index < -0.39 is 11.9 Å². The van der Waals surface area contributed by atoms with Gasteiger partial charge in [0.1, 0.15) is 18.4 Å². The van der Waals surface area contributed by atoms with E-state index in [-0.39, 0.29) is 6.61 Å². The van der Waals surface area contributed by atoms with Crippen LogP contribution in [0.25, 0.3) is 0 Å². The first-order valence-corrected chi connectivity index (χ1v) is 4.82. The molecule has 0 bridgehead atoms. The second-order valence-corrected chi connectivity index (χ2v) is 3.67. The smallest absolute Gasteiger partial charge is 0.237 e. The van der Waals surface area contributed by atoms with Gasteiger partial charge in [-0.15, -0.1) is 0 Å². The molecule has 0 saturated heterocycles. The van der Waals surface area contributed by atoms with Crippen molar-refractivity contribution in [3.05, 3.63) is 28.8 Å². The van der Waals surface area contributed by atoms with Crippen molar-refractivity contribution in [3.63, 3.8) is 0 Å². The Morgan fingerprint density at radius 3 is 2.80 bits per heavy atom. The molecule has 0 aliphatic heterocycles. The van der Waals surface area contributed by atoms with Crippen molar-refractivity contribution in [3.8, 4) is 5.75 Å². The monoisotopic (exact) mass is 228 g/mol. The summed E-state index contributed by atoms with van der Waals surface area (Å²) in [6.45, 7) is 1.93. The third kappa shape index (κ3) is 3.42. The molecule has 0 radical (unpaired) electrons. The Morgan fingerprint density at radius 2 is 2.27 bits per heavy atom. The van der Waals surface area contributed by atoms with E-state index in [9.17, 15) is 4.79 Å². The first-order valence-electron chi connectivity index (χ1n) is 4.44. The Balaban J connectivity index is 2.62. The zero-order valence-corrected chi connectivity index (χ0v) is 9.12. The maximum absolute atomic E-state index is 10.7. The number of hydrogen-bond donors (Lipinski definition) is 2. The van der Waals surface area contributed by atoms with Crippen LogP contribution < -0.4 is 16.2 Å². The van der Waals surface area contributed by atoms with Crippen LogP contribution in [0.5, 0.6) is 5.75 Å². The summed E-state index contributed by atoms with van der Waals surface area (Å²) >= 11 is 5.78. The van der Waals surface area contributed by atoms with Gasteiger partial charge in [-0.1, -0.05) is 11.6 Å². The highest BCUT2D eigenvalue weighted by atomic mass is 35.5. The number of primary amides is 1. The SMILES string of the molecule is Cc1cc(Cl)ccc1OCC(N)C(N)=O. The summed E-state index contributed by atoms with van der Waals surface area (Å²) in [5.41, 5.74) is 11.3. The lowest BCUT2D eigenvalue weighted by atomic mass is 10.2. The first kappa shape index (κ1) is 11.8. The molecule has 0 spiro atoms. The summed E-state index contributed by atoms with van der Waals surface area (Å²) in [6, 6.07) is 4.41. The molecule has 1 rings (SSSR count). The topological polar surface area (TPSA) is 78.3 Å². The van der Waals surface area contributed by atoms with Gasteiger partial charge < -0.3 is 16.2 Å². The van der Waals surface area contributed by atoms with Crippen LogP contribution >= 0.6 is 11.6 Å². The highest BCUT2D eigenvalue weighted by Gasteiger charge is 2.10. The number of hydrogen-bond acceptors (Lipinski definition) is 3. The molecular formula is C10H13ClN2O2. The number of halogens is 1. The lowest BCUT2D eigenvalue weighted by Crippen LogP contribution is -2.41. The number of benzene rings is 1. The van der Waals surface area contributed by atoms with Gasteiger partial charge in [-0.3, -0.25) is 4.79 Å². The first-order chi connectivity index (χ1) is 7.00. The Labute approximate surface area is 93.1 Å². The quantitative estimate of drug-likeness (QED) is 0.802. The summed E-state index contributed by atoms with van der Waals surface area (Å²) in [6.07, 6.45) is 0. The van der Waals surface area contributed by atoms with E-state index in [0.29, 0.717) is 10.8 Å². The molecule has 4 N–H and O–H groups in total. The van der Waals surface area contributed by atoms with Gasteiger partial charge in [0.25, 0.3) is 0 Å². The Kier molecular flexibility index (Phi) is 3.94. The average Bonchev–Trinajstić information content (AvgIpc) is 2.15. The Morgan fingerprint density at radius 1 is 1.60 bits per heavy atom. The van der Waals surface area contributed by atoms with Crippen LogP contribution in [0.1, 0.15) is 5.56 Å². The maximum atomic E-state index is 10.7. The van der Waals surface area contributed by atoms with E-state index in [2.05, 4.69) is 0 Å². The summed E-state index contributed by atoms with van der Waals surface area (Å²) < 4.78 is 5.33. The van der Waals surface area contributed by atoms with E-state index in [1.165, 1.54) is 0 Å². The minimum Gasteiger partial charge on any atom is -0.491 e. The highest BCUT2D eigenvalue weighted by molar-refractivity contribution is 6.30. The zero-order chi connectivity index (χ0) is 11.4. The molecule has 0 aliphatic carbocycles. The molecule has 1 aromatic carbocycles. The highest BCUT2D eigenvalue weighted by Crippen LogP contribution is 2.21. The van der Waals surface area contributed by atoms with Crippen LogP contribution in [-0.2, 0) is 4.79 Å². The third-order valence-corrected chi connectivity index (χ3v) is 2.16. The second kappa shape index (κ2) is 5.00. The van der Waals surface area contributed by atoms with Crippen molar-refractivity contribution in [2.75, 3.05) is 6.61 Å². The molecule has 5 heteroatoms. The number of aryl methyl sites for hydroxylation is 1. The van der Waals surface area contributed by atoms with Gasteiger partial charge in [-0.2, -0.15) is 0 Å². The number of nitrogens with two attached hydrogens (primary N) is 2. The van der Waals surface area contributed by atoms with Gasteiger partial charge in [-0.25, -0.2) is 0 Å². The van der Waals surface area contributed by atoms with Crippen molar-refractivity contribution >= 4 is 17.5 Å². The molecule has 82 valence electrons. The number of rotatable bonds is 4. The number of amides is 1. The van der Waals surface area contributed by atoms with Crippen molar-refractivity contribution in [2.45, 2.75) is 13.0 Å².